The second kappa shape index (κ2) is 6.22. The number of hydrogen-bond donors (Lipinski definition) is 0. The normalized spacial score (nSPS) is 11.4. The number of ether oxygens (including phenoxy) is 2. The van der Waals surface area contributed by atoms with Gasteiger partial charge >= 0.3 is 5.97 Å². The van der Waals surface area contributed by atoms with E-state index < -0.39 is 11.4 Å². The maximum absolute atomic E-state index is 11.5. The Kier molecular flexibility index (Phi) is 4.92. The fraction of sp³-hybridized carbons (Fsp3) is 0.429. The van der Waals surface area contributed by atoms with Gasteiger partial charge in [0.05, 0.1) is 25.8 Å². The Hall–Kier alpha value is -2.04. The van der Waals surface area contributed by atoms with Crippen LogP contribution in [0.2, 0.25) is 0 Å². The molecule has 5 heteroatoms. The first kappa shape index (κ1) is 15.0. The van der Waals surface area contributed by atoms with Gasteiger partial charge in [-0.3, -0.25) is 0 Å². The molecule has 0 bridgehead atoms. The van der Waals surface area contributed by atoms with Gasteiger partial charge < -0.3 is 14.3 Å². The molecule has 5 nitrogen and oxygen atoms in total. The van der Waals surface area contributed by atoms with E-state index in [1.807, 2.05) is 0 Å². The maximum atomic E-state index is 11.5. The zero-order valence-electron chi connectivity index (χ0n) is 11.9. The Labute approximate surface area is 113 Å². The molecule has 0 saturated carbocycles. The highest BCUT2D eigenvalue weighted by molar-refractivity contribution is 5.84. The van der Waals surface area contributed by atoms with Gasteiger partial charge in [-0.05, 0) is 32.9 Å². The Morgan fingerprint density at radius 2 is 1.89 bits per heavy atom. The van der Waals surface area contributed by atoms with E-state index in [2.05, 4.69) is 5.16 Å². The van der Waals surface area contributed by atoms with Gasteiger partial charge in [-0.25, -0.2) is 4.79 Å². The molecule has 1 aromatic rings. The van der Waals surface area contributed by atoms with Crippen molar-refractivity contribution < 1.29 is 19.1 Å². The SMILES string of the molecule is COc1ccc(C=NOC(=O)C(C)(C)C)c(OC)c1. The topological polar surface area (TPSA) is 57.1 Å². The second-order valence-corrected chi connectivity index (χ2v) is 4.97. The first-order valence-electron chi connectivity index (χ1n) is 5.85. The van der Waals surface area contributed by atoms with E-state index in [4.69, 9.17) is 14.3 Å². The van der Waals surface area contributed by atoms with Crippen molar-refractivity contribution in [1.29, 1.82) is 0 Å². The fourth-order valence-electron chi connectivity index (χ4n) is 1.19. The molecular weight excluding hydrogens is 246 g/mol. The van der Waals surface area contributed by atoms with Crippen molar-refractivity contribution in [2.24, 2.45) is 10.6 Å². The molecule has 19 heavy (non-hydrogen) atoms. The van der Waals surface area contributed by atoms with Gasteiger partial charge in [0.25, 0.3) is 0 Å². The lowest BCUT2D eigenvalue weighted by Crippen LogP contribution is -2.21. The van der Waals surface area contributed by atoms with Crippen molar-refractivity contribution in [3.05, 3.63) is 23.8 Å². The molecule has 0 unspecified atom stereocenters. The lowest BCUT2D eigenvalue weighted by Gasteiger charge is -2.12. The molecule has 104 valence electrons. The van der Waals surface area contributed by atoms with Gasteiger partial charge in [-0.15, -0.1) is 0 Å². The van der Waals surface area contributed by atoms with E-state index in [9.17, 15) is 4.79 Å². The van der Waals surface area contributed by atoms with Crippen molar-refractivity contribution in [1.82, 2.24) is 0 Å². The third kappa shape index (κ3) is 4.28. The van der Waals surface area contributed by atoms with Crippen molar-refractivity contribution in [3.8, 4) is 11.5 Å². The van der Waals surface area contributed by atoms with Crippen molar-refractivity contribution in [3.63, 3.8) is 0 Å². The zero-order valence-corrected chi connectivity index (χ0v) is 11.9. The number of nitrogens with zero attached hydrogens (tertiary/aromatic N) is 1. The number of benzene rings is 1. The summed E-state index contributed by atoms with van der Waals surface area (Å²) >= 11 is 0. The van der Waals surface area contributed by atoms with Crippen molar-refractivity contribution in [2.75, 3.05) is 14.2 Å². The standard InChI is InChI=1S/C14H19NO4/c1-14(2,3)13(16)19-15-9-10-6-7-11(17-4)8-12(10)18-5/h6-9H,1-5H3. The Balaban J connectivity index is 2.79. The van der Waals surface area contributed by atoms with Gasteiger partial charge in [-0.1, -0.05) is 5.16 Å². The molecule has 0 spiro atoms. The van der Waals surface area contributed by atoms with Crippen LogP contribution in [0.25, 0.3) is 0 Å². The van der Waals surface area contributed by atoms with E-state index in [0.29, 0.717) is 17.1 Å². The van der Waals surface area contributed by atoms with Gasteiger partial charge in [-0.2, -0.15) is 0 Å². The van der Waals surface area contributed by atoms with Crippen LogP contribution in [0.1, 0.15) is 26.3 Å². The minimum atomic E-state index is -0.582. The molecule has 0 aliphatic carbocycles. The van der Waals surface area contributed by atoms with E-state index in [1.165, 1.54) is 6.21 Å². The molecule has 0 aliphatic heterocycles. The van der Waals surface area contributed by atoms with Crippen LogP contribution in [0.4, 0.5) is 0 Å². The third-order valence-corrected chi connectivity index (χ3v) is 2.38. The van der Waals surface area contributed by atoms with Crippen molar-refractivity contribution >= 4 is 12.2 Å². The van der Waals surface area contributed by atoms with Crippen LogP contribution < -0.4 is 9.47 Å². The second-order valence-electron chi connectivity index (χ2n) is 4.97. The monoisotopic (exact) mass is 265 g/mol. The largest absolute Gasteiger partial charge is 0.497 e. The summed E-state index contributed by atoms with van der Waals surface area (Å²) in [5, 5.41) is 3.68. The van der Waals surface area contributed by atoms with E-state index >= 15 is 0 Å². The summed E-state index contributed by atoms with van der Waals surface area (Å²) in [6.07, 6.45) is 1.43. The van der Waals surface area contributed by atoms with Crippen LogP contribution in [0.15, 0.2) is 23.4 Å². The molecule has 0 atom stereocenters. The number of carbonyl (C=O) groups is 1. The zero-order chi connectivity index (χ0) is 14.5. The highest BCUT2D eigenvalue weighted by Crippen LogP contribution is 2.23. The Morgan fingerprint density at radius 1 is 1.21 bits per heavy atom. The van der Waals surface area contributed by atoms with Crippen LogP contribution in [-0.2, 0) is 9.63 Å². The first-order valence-corrected chi connectivity index (χ1v) is 5.85. The molecule has 0 saturated heterocycles. The minimum absolute atomic E-state index is 0.392. The lowest BCUT2D eigenvalue weighted by molar-refractivity contribution is -0.152. The molecule has 1 rings (SSSR count). The molecule has 0 aromatic heterocycles. The fourth-order valence-corrected chi connectivity index (χ4v) is 1.19. The average molecular weight is 265 g/mol. The average Bonchev–Trinajstić information content (AvgIpc) is 2.37. The summed E-state index contributed by atoms with van der Waals surface area (Å²) in [7, 11) is 3.13. The number of oxime groups is 1. The molecule has 1 aromatic carbocycles. The molecule has 0 fully saturated rings. The number of hydrogen-bond acceptors (Lipinski definition) is 5. The molecule has 0 radical (unpaired) electrons. The van der Waals surface area contributed by atoms with Crippen LogP contribution in [0.3, 0.4) is 0 Å². The van der Waals surface area contributed by atoms with Gasteiger partial charge in [0, 0.05) is 11.6 Å². The summed E-state index contributed by atoms with van der Waals surface area (Å²) in [5.41, 5.74) is 0.117. The van der Waals surface area contributed by atoms with Crippen LogP contribution in [-0.4, -0.2) is 26.4 Å². The van der Waals surface area contributed by atoms with E-state index in [1.54, 1.807) is 53.2 Å². The summed E-state index contributed by atoms with van der Waals surface area (Å²) in [5.74, 6) is 0.881. The Morgan fingerprint density at radius 3 is 2.42 bits per heavy atom. The first-order chi connectivity index (χ1) is 8.88. The summed E-state index contributed by atoms with van der Waals surface area (Å²) in [6, 6.07) is 5.27. The predicted molar refractivity (Wildman–Crippen MR) is 72.7 cm³/mol. The quantitative estimate of drug-likeness (QED) is 0.477. The summed E-state index contributed by atoms with van der Waals surface area (Å²) in [6.45, 7) is 5.29. The number of methoxy groups -OCH3 is 2. The lowest BCUT2D eigenvalue weighted by atomic mass is 9.98. The van der Waals surface area contributed by atoms with Crippen LogP contribution >= 0.6 is 0 Å². The number of carbonyl (C=O) groups excluding carboxylic acids is 1. The van der Waals surface area contributed by atoms with Crippen molar-refractivity contribution in [2.45, 2.75) is 20.8 Å². The van der Waals surface area contributed by atoms with E-state index in [-0.39, 0.29) is 0 Å². The summed E-state index contributed by atoms with van der Waals surface area (Å²) < 4.78 is 10.3. The highest BCUT2D eigenvalue weighted by atomic mass is 16.7. The van der Waals surface area contributed by atoms with Gasteiger partial charge in [0.1, 0.15) is 11.5 Å². The maximum Gasteiger partial charge on any atom is 0.340 e. The molecule has 0 heterocycles. The Bertz CT molecular complexity index is 475. The van der Waals surface area contributed by atoms with E-state index in [0.717, 1.165) is 0 Å². The molecular formula is C14H19NO4. The van der Waals surface area contributed by atoms with Crippen LogP contribution in [0.5, 0.6) is 11.5 Å². The highest BCUT2D eigenvalue weighted by Gasteiger charge is 2.23. The molecule has 0 aliphatic rings. The third-order valence-electron chi connectivity index (χ3n) is 2.38. The molecule has 0 N–H and O–H groups in total. The number of rotatable bonds is 4. The summed E-state index contributed by atoms with van der Waals surface area (Å²) in [4.78, 5) is 16.3. The van der Waals surface area contributed by atoms with Crippen LogP contribution in [0, 0.1) is 5.41 Å². The smallest absolute Gasteiger partial charge is 0.340 e. The predicted octanol–water partition coefficient (Wildman–Crippen LogP) is 2.63. The van der Waals surface area contributed by atoms with Gasteiger partial charge in [0.2, 0.25) is 0 Å². The van der Waals surface area contributed by atoms with Gasteiger partial charge in [0.15, 0.2) is 0 Å². The molecule has 0 amide bonds. The minimum Gasteiger partial charge on any atom is -0.497 e.